The van der Waals surface area contributed by atoms with Crippen LogP contribution in [0.3, 0.4) is 0 Å². The predicted octanol–water partition coefficient (Wildman–Crippen LogP) is 2.00. The Labute approximate surface area is 108 Å². The van der Waals surface area contributed by atoms with E-state index in [0.29, 0.717) is 23.8 Å². The van der Waals surface area contributed by atoms with Crippen molar-refractivity contribution in [1.82, 2.24) is 0 Å². The van der Waals surface area contributed by atoms with Crippen LogP contribution in [0.5, 0.6) is 0 Å². The lowest BCUT2D eigenvalue weighted by atomic mass is 9.56. The van der Waals surface area contributed by atoms with Crippen LogP contribution in [0.25, 0.3) is 0 Å². The smallest absolute Gasteiger partial charge is 0.199 e. The fourth-order valence-corrected chi connectivity index (χ4v) is 4.23. The number of aliphatic hydroxyl groups is 2. The second kappa shape index (κ2) is 3.69. The molecule has 3 rings (SSSR count). The topological polar surface area (TPSA) is 49.7 Å². The Morgan fingerprint density at radius 2 is 2.17 bits per heavy atom. The van der Waals surface area contributed by atoms with Crippen LogP contribution in [0.1, 0.15) is 33.1 Å². The van der Waals surface area contributed by atoms with E-state index in [9.17, 15) is 10.2 Å². The molecule has 1 saturated carbocycles. The molecule has 0 spiro atoms. The Balaban J connectivity index is 2.07. The molecule has 0 aromatic carbocycles. The molecule has 0 aromatic rings. The Hall–Kier alpha value is -0.640. The zero-order chi connectivity index (χ0) is 13.1. The number of rotatable bonds is 0. The van der Waals surface area contributed by atoms with Gasteiger partial charge in [-0.1, -0.05) is 25.2 Å². The molecule has 5 atom stereocenters. The zero-order valence-corrected chi connectivity index (χ0v) is 11.1. The van der Waals surface area contributed by atoms with Crippen molar-refractivity contribution in [2.24, 2.45) is 17.8 Å². The Morgan fingerprint density at radius 3 is 2.89 bits per heavy atom. The van der Waals surface area contributed by atoms with Crippen LogP contribution in [0.2, 0.25) is 0 Å². The summed E-state index contributed by atoms with van der Waals surface area (Å²) in [5.74, 6) is -0.623. The summed E-state index contributed by atoms with van der Waals surface area (Å²) in [6, 6.07) is 0. The summed E-state index contributed by atoms with van der Waals surface area (Å²) in [6.07, 6.45) is 4.58. The predicted molar refractivity (Wildman–Crippen MR) is 68.7 cm³/mol. The lowest BCUT2D eigenvalue weighted by Crippen LogP contribution is -2.63. The summed E-state index contributed by atoms with van der Waals surface area (Å²) in [7, 11) is 0. The highest BCUT2D eigenvalue weighted by Gasteiger charge is 2.66. The van der Waals surface area contributed by atoms with Crippen molar-refractivity contribution in [3.8, 4) is 0 Å². The molecule has 100 valence electrons. The maximum absolute atomic E-state index is 11.1. The fourth-order valence-electron chi connectivity index (χ4n) is 4.23. The van der Waals surface area contributed by atoms with Crippen molar-refractivity contribution in [2.75, 3.05) is 6.61 Å². The van der Waals surface area contributed by atoms with Crippen molar-refractivity contribution >= 4 is 0 Å². The first kappa shape index (κ1) is 12.4. The van der Waals surface area contributed by atoms with Gasteiger partial charge in [-0.15, -0.1) is 0 Å². The van der Waals surface area contributed by atoms with Gasteiger partial charge >= 0.3 is 0 Å². The summed E-state index contributed by atoms with van der Waals surface area (Å²) < 4.78 is 5.50. The number of fused-ring (bicyclic) bond motifs is 3. The van der Waals surface area contributed by atoms with Crippen molar-refractivity contribution in [2.45, 2.75) is 44.5 Å². The third kappa shape index (κ3) is 1.35. The molecular formula is C15H22O3. The summed E-state index contributed by atoms with van der Waals surface area (Å²) in [5.41, 5.74) is 0.669. The molecule has 0 aromatic heterocycles. The molecule has 2 N–H and O–H groups in total. The average Bonchev–Trinajstić information content (AvgIpc) is 2.54. The summed E-state index contributed by atoms with van der Waals surface area (Å²) >= 11 is 0. The lowest BCUT2D eigenvalue weighted by molar-refractivity contribution is -0.299. The van der Waals surface area contributed by atoms with Gasteiger partial charge in [-0.2, -0.15) is 0 Å². The van der Waals surface area contributed by atoms with Crippen LogP contribution < -0.4 is 0 Å². The molecule has 2 aliphatic carbocycles. The van der Waals surface area contributed by atoms with E-state index in [2.05, 4.69) is 26.5 Å². The first-order valence-corrected chi connectivity index (χ1v) is 6.81. The van der Waals surface area contributed by atoms with Gasteiger partial charge in [0.15, 0.2) is 5.79 Å². The average molecular weight is 250 g/mol. The molecule has 3 nitrogen and oxygen atoms in total. The van der Waals surface area contributed by atoms with Gasteiger partial charge in [0.1, 0.15) is 5.60 Å². The van der Waals surface area contributed by atoms with Gasteiger partial charge in [-0.25, -0.2) is 0 Å². The second-order valence-electron chi connectivity index (χ2n) is 6.39. The Bertz CT molecular complexity index is 427. The molecule has 3 heteroatoms. The Morgan fingerprint density at radius 1 is 1.44 bits per heavy atom. The number of hydrogen-bond donors (Lipinski definition) is 2. The summed E-state index contributed by atoms with van der Waals surface area (Å²) in [6.45, 7) is 8.45. The minimum Gasteiger partial charge on any atom is -0.379 e. The standard InChI is InChI=1S/C15H22O3/c1-9-4-5-12-10(2)7-14(16)15(17,13(12)6-9)11(3)8-18-14/h4,10,12-13,16-17H,3,5-8H2,1-2H3/t10-,12+,13-,14+,15+/m0/s1. The maximum atomic E-state index is 11.1. The maximum Gasteiger partial charge on any atom is 0.199 e. The van der Waals surface area contributed by atoms with Crippen LogP contribution in [0, 0.1) is 17.8 Å². The van der Waals surface area contributed by atoms with Crippen LogP contribution in [-0.4, -0.2) is 28.2 Å². The minimum atomic E-state index is -1.43. The van der Waals surface area contributed by atoms with Crippen LogP contribution in [0.4, 0.5) is 0 Å². The van der Waals surface area contributed by atoms with E-state index in [0.717, 1.165) is 12.8 Å². The van der Waals surface area contributed by atoms with Gasteiger partial charge in [0.25, 0.3) is 0 Å². The molecule has 0 amide bonds. The van der Waals surface area contributed by atoms with Crippen LogP contribution in [0.15, 0.2) is 23.8 Å². The molecule has 18 heavy (non-hydrogen) atoms. The number of hydrogen-bond acceptors (Lipinski definition) is 3. The Kier molecular flexibility index (Phi) is 2.54. The van der Waals surface area contributed by atoms with E-state index in [1.165, 1.54) is 5.57 Å². The monoisotopic (exact) mass is 250 g/mol. The van der Waals surface area contributed by atoms with Gasteiger partial charge in [-0.05, 0) is 37.2 Å². The number of ether oxygens (including phenoxy) is 1. The molecule has 3 aliphatic rings. The SMILES string of the molecule is C=C1CO[C@]2(O)C[C@H](C)[C@H]3CC=C(C)C[C@@H]3[C@]12O. The van der Waals surface area contributed by atoms with Gasteiger partial charge in [-0.3, -0.25) is 0 Å². The number of allylic oxidation sites excluding steroid dienone is 2. The second-order valence-corrected chi connectivity index (χ2v) is 6.39. The van der Waals surface area contributed by atoms with Gasteiger partial charge in [0, 0.05) is 12.3 Å². The molecule has 1 heterocycles. The third-order valence-corrected chi connectivity index (χ3v) is 5.28. The quantitative estimate of drug-likeness (QED) is 0.647. The molecule has 0 bridgehead atoms. The fraction of sp³-hybridized carbons (Fsp3) is 0.733. The molecule has 0 radical (unpaired) electrons. The highest BCUT2D eigenvalue weighted by atomic mass is 16.6. The van der Waals surface area contributed by atoms with Gasteiger partial charge in [0.05, 0.1) is 6.61 Å². The molecule has 1 aliphatic heterocycles. The molecular weight excluding hydrogens is 228 g/mol. The van der Waals surface area contributed by atoms with E-state index in [4.69, 9.17) is 4.74 Å². The van der Waals surface area contributed by atoms with Crippen molar-refractivity contribution in [3.05, 3.63) is 23.8 Å². The van der Waals surface area contributed by atoms with Crippen LogP contribution in [-0.2, 0) is 4.74 Å². The van der Waals surface area contributed by atoms with E-state index in [1.807, 2.05) is 0 Å². The third-order valence-electron chi connectivity index (χ3n) is 5.28. The zero-order valence-electron chi connectivity index (χ0n) is 11.1. The van der Waals surface area contributed by atoms with Crippen molar-refractivity contribution in [1.29, 1.82) is 0 Å². The molecule has 2 fully saturated rings. The largest absolute Gasteiger partial charge is 0.379 e. The van der Waals surface area contributed by atoms with E-state index < -0.39 is 11.4 Å². The minimum absolute atomic E-state index is 0.0336. The van der Waals surface area contributed by atoms with E-state index in [-0.39, 0.29) is 12.5 Å². The van der Waals surface area contributed by atoms with Gasteiger partial charge in [0.2, 0.25) is 0 Å². The van der Waals surface area contributed by atoms with Crippen molar-refractivity contribution < 1.29 is 14.9 Å². The van der Waals surface area contributed by atoms with Crippen molar-refractivity contribution in [3.63, 3.8) is 0 Å². The summed E-state index contributed by atoms with van der Waals surface area (Å²) in [4.78, 5) is 0. The highest BCUT2D eigenvalue weighted by Crippen LogP contribution is 2.57. The van der Waals surface area contributed by atoms with Gasteiger partial charge < -0.3 is 14.9 Å². The van der Waals surface area contributed by atoms with E-state index in [1.54, 1.807) is 0 Å². The van der Waals surface area contributed by atoms with Crippen LogP contribution >= 0.6 is 0 Å². The normalized spacial score (nSPS) is 51.7. The molecule has 0 unspecified atom stereocenters. The first-order valence-electron chi connectivity index (χ1n) is 6.81. The summed E-state index contributed by atoms with van der Waals surface area (Å²) in [5, 5.41) is 21.8. The lowest BCUT2D eigenvalue weighted by Gasteiger charge is -2.54. The van der Waals surface area contributed by atoms with E-state index >= 15 is 0 Å². The molecule has 1 saturated heterocycles. The first-order chi connectivity index (χ1) is 8.38. The highest BCUT2D eigenvalue weighted by molar-refractivity contribution is 5.30.